The van der Waals surface area contributed by atoms with Gasteiger partial charge in [0.1, 0.15) is 11.5 Å². The maximum Gasteiger partial charge on any atom is 0.292 e. The lowest BCUT2D eigenvalue weighted by atomic mass is 10.2. The molecule has 2 aromatic rings. The van der Waals surface area contributed by atoms with Crippen LogP contribution in [0.4, 0.5) is 15.8 Å². The highest BCUT2D eigenvalue weighted by molar-refractivity contribution is 6.34. The van der Waals surface area contributed by atoms with Gasteiger partial charge in [-0.3, -0.25) is 14.9 Å². The summed E-state index contributed by atoms with van der Waals surface area (Å²) in [5.74, 6) is -1.57. The third kappa shape index (κ3) is 3.41. The number of nitro benzene ring substituents is 1. The summed E-state index contributed by atoms with van der Waals surface area (Å²) in [6, 6.07) is 3.80. The second kappa shape index (κ2) is 5.98. The van der Waals surface area contributed by atoms with Crippen molar-refractivity contribution in [3.05, 3.63) is 56.1 Å². The summed E-state index contributed by atoms with van der Waals surface area (Å²) in [4.78, 5) is 22.1. The minimum absolute atomic E-state index is 0.0849. The quantitative estimate of drug-likeness (QED) is 0.688. The van der Waals surface area contributed by atoms with Gasteiger partial charge >= 0.3 is 0 Å². The van der Waals surface area contributed by atoms with E-state index in [0.717, 1.165) is 24.3 Å². The predicted molar refractivity (Wildman–Crippen MR) is 73.1 cm³/mol. The summed E-state index contributed by atoms with van der Waals surface area (Å²) in [5, 5.41) is 19.6. The molecule has 7 nitrogen and oxygen atoms in total. The zero-order chi connectivity index (χ0) is 15.6. The van der Waals surface area contributed by atoms with Crippen LogP contribution in [0.25, 0.3) is 0 Å². The Bertz CT molecular complexity index is 741. The Kier molecular flexibility index (Phi) is 4.29. The summed E-state index contributed by atoms with van der Waals surface area (Å²) in [7, 11) is 0. The minimum atomic E-state index is -0.828. The predicted octanol–water partition coefficient (Wildman–Crippen LogP) is 3.08. The molecule has 0 unspecified atom stereocenters. The number of carbonyl (C=O) groups is 1. The molecule has 0 saturated heterocycles. The van der Waals surface area contributed by atoms with Crippen LogP contribution < -0.4 is 5.32 Å². The van der Waals surface area contributed by atoms with Crippen LogP contribution >= 0.6 is 23.2 Å². The van der Waals surface area contributed by atoms with E-state index in [0.29, 0.717) is 0 Å². The molecule has 0 spiro atoms. The number of amides is 1. The molecule has 0 saturated carbocycles. The van der Waals surface area contributed by atoms with Gasteiger partial charge in [-0.25, -0.2) is 4.39 Å². The van der Waals surface area contributed by atoms with Gasteiger partial charge in [0.15, 0.2) is 10.3 Å². The largest absolute Gasteiger partial charge is 0.316 e. The molecule has 0 aliphatic carbocycles. The first-order chi connectivity index (χ1) is 9.88. The van der Waals surface area contributed by atoms with Crippen LogP contribution in [0.3, 0.4) is 0 Å². The van der Waals surface area contributed by atoms with Gasteiger partial charge in [-0.15, -0.1) is 10.2 Å². The first kappa shape index (κ1) is 15.1. The van der Waals surface area contributed by atoms with Gasteiger partial charge in [0.05, 0.1) is 10.5 Å². The number of nitro groups is 1. The van der Waals surface area contributed by atoms with E-state index in [1.807, 2.05) is 0 Å². The number of carbonyl (C=O) groups excluding carboxylic acids is 1. The monoisotopic (exact) mass is 330 g/mol. The van der Waals surface area contributed by atoms with Crippen LogP contribution in [0.2, 0.25) is 10.3 Å². The van der Waals surface area contributed by atoms with E-state index < -0.39 is 22.3 Å². The highest BCUT2D eigenvalue weighted by atomic mass is 35.5. The number of anilines is 1. The Hall–Kier alpha value is -2.32. The van der Waals surface area contributed by atoms with Gasteiger partial charge in [0, 0.05) is 12.1 Å². The molecule has 1 amide bonds. The van der Waals surface area contributed by atoms with Gasteiger partial charge in [0.2, 0.25) is 0 Å². The minimum Gasteiger partial charge on any atom is -0.316 e. The molecule has 1 heterocycles. The zero-order valence-corrected chi connectivity index (χ0v) is 11.5. The van der Waals surface area contributed by atoms with Crippen molar-refractivity contribution in [3.63, 3.8) is 0 Å². The smallest absolute Gasteiger partial charge is 0.292 e. The number of hydrogen-bond acceptors (Lipinski definition) is 5. The van der Waals surface area contributed by atoms with Crippen molar-refractivity contribution in [2.45, 2.75) is 0 Å². The molecule has 108 valence electrons. The van der Waals surface area contributed by atoms with Gasteiger partial charge in [0.25, 0.3) is 11.6 Å². The van der Waals surface area contributed by atoms with Gasteiger partial charge < -0.3 is 5.32 Å². The molecule has 0 aliphatic heterocycles. The van der Waals surface area contributed by atoms with Crippen LogP contribution in [-0.4, -0.2) is 21.0 Å². The average molecular weight is 331 g/mol. The molecule has 2 rings (SSSR count). The lowest BCUT2D eigenvalue weighted by molar-refractivity contribution is -0.384. The normalized spacial score (nSPS) is 10.2. The molecule has 0 aliphatic rings. The van der Waals surface area contributed by atoms with Crippen LogP contribution in [0, 0.1) is 15.9 Å². The first-order valence-corrected chi connectivity index (χ1v) is 6.08. The number of rotatable bonds is 3. The summed E-state index contributed by atoms with van der Waals surface area (Å²) in [5.41, 5.74) is -0.918. The summed E-state index contributed by atoms with van der Waals surface area (Å²) >= 11 is 11.3. The summed E-state index contributed by atoms with van der Waals surface area (Å²) in [6.07, 6.45) is 0. The number of aromatic nitrogens is 2. The number of halogens is 3. The van der Waals surface area contributed by atoms with E-state index in [1.54, 1.807) is 0 Å². The van der Waals surface area contributed by atoms with Crippen molar-refractivity contribution in [2.24, 2.45) is 0 Å². The zero-order valence-electron chi connectivity index (χ0n) is 10.0. The van der Waals surface area contributed by atoms with E-state index in [2.05, 4.69) is 15.5 Å². The summed E-state index contributed by atoms with van der Waals surface area (Å²) in [6.45, 7) is 0. The Balaban J connectivity index is 2.38. The molecule has 0 bridgehead atoms. The molecule has 21 heavy (non-hydrogen) atoms. The number of nitrogens with one attached hydrogen (secondary N) is 1. The first-order valence-electron chi connectivity index (χ1n) is 5.32. The Labute approximate surface area is 126 Å². The standard InChI is InChI=1S/C11H5Cl2FN4O3/c12-9-4-6(10(13)17-16-9)11(19)15-7-3-5(14)1-2-8(7)18(20)21/h1-4H,(H,15,19). The highest BCUT2D eigenvalue weighted by Crippen LogP contribution is 2.26. The molecule has 1 aromatic heterocycles. The van der Waals surface area contributed by atoms with Crippen molar-refractivity contribution < 1.29 is 14.1 Å². The number of hydrogen-bond donors (Lipinski definition) is 1. The third-order valence-electron chi connectivity index (χ3n) is 2.37. The van der Waals surface area contributed by atoms with E-state index in [4.69, 9.17) is 23.2 Å². The molecular formula is C11H5Cl2FN4O3. The van der Waals surface area contributed by atoms with E-state index in [1.165, 1.54) is 0 Å². The van der Waals surface area contributed by atoms with Gasteiger partial charge in [-0.2, -0.15) is 0 Å². The fraction of sp³-hybridized carbons (Fsp3) is 0. The topological polar surface area (TPSA) is 98.0 Å². The van der Waals surface area contributed by atoms with Crippen molar-refractivity contribution in [1.29, 1.82) is 0 Å². The Morgan fingerprint density at radius 1 is 1.29 bits per heavy atom. The molecule has 1 aromatic carbocycles. The molecule has 0 fully saturated rings. The lowest BCUT2D eigenvalue weighted by Crippen LogP contribution is -2.14. The SMILES string of the molecule is O=C(Nc1cc(F)ccc1[N+](=O)[O-])c1cc(Cl)nnc1Cl. The van der Waals surface area contributed by atoms with Gasteiger partial charge in [-0.05, 0) is 12.1 Å². The maximum atomic E-state index is 13.2. The van der Waals surface area contributed by atoms with E-state index >= 15 is 0 Å². The molecule has 0 radical (unpaired) electrons. The molecule has 10 heteroatoms. The molecule has 0 atom stereocenters. The van der Waals surface area contributed by atoms with Crippen LogP contribution in [0.15, 0.2) is 24.3 Å². The Morgan fingerprint density at radius 2 is 2.00 bits per heavy atom. The maximum absolute atomic E-state index is 13.2. The van der Waals surface area contributed by atoms with Crippen molar-refractivity contribution in [3.8, 4) is 0 Å². The summed E-state index contributed by atoms with van der Waals surface area (Å²) < 4.78 is 13.2. The second-order valence-electron chi connectivity index (χ2n) is 3.74. The van der Waals surface area contributed by atoms with Crippen LogP contribution in [0.5, 0.6) is 0 Å². The number of benzene rings is 1. The van der Waals surface area contributed by atoms with Crippen LogP contribution in [-0.2, 0) is 0 Å². The third-order valence-corrected chi connectivity index (χ3v) is 2.83. The molecular weight excluding hydrogens is 326 g/mol. The van der Waals surface area contributed by atoms with Crippen LogP contribution in [0.1, 0.15) is 10.4 Å². The Morgan fingerprint density at radius 3 is 2.67 bits per heavy atom. The van der Waals surface area contributed by atoms with Gasteiger partial charge in [-0.1, -0.05) is 23.2 Å². The average Bonchev–Trinajstić information content (AvgIpc) is 2.41. The van der Waals surface area contributed by atoms with E-state index in [9.17, 15) is 19.3 Å². The molecule has 1 N–H and O–H groups in total. The fourth-order valence-corrected chi connectivity index (χ4v) is 1.79. The van der Waals surface area contributed by atoms with E-state index in [-0.39, 0.29) is 21.6 Å². The van der Waals surface area contributed by atoms with Crippen molar-refractivity contribution in [1.82, 2.24) is 10.2 Å². The lowest BCUT2D eigenvalue weighted by Gasteiger charge is -2.07. The van der Waals surface area contributed by atoms with Crippen molar-refractivity contribution >= 4 is 40.5 Å². The number of nitrogens with zero attached hydrogens (tertiary/aromatic N) is 3. The second-order valence-corrected chi connectivity index (χ2v) is 4.49. The highest BCUT2D eigenvalue weighted by Gasteiger charge is 2.19. The fourth-order valence-electron chi connectivity index (χ4n) is 1.47. The van der Waals surface area contributed by atoms with Crippen molar-refractivity contribution in [2.75, 3.05) is 5.32 Å².